The maximum atomic E-state index is 14.4. The highest BCUT2D eigenvalue weighted by Gasteiger charge is 2.46. The van der Waals surface area contributed by atoms with Crippen LogP contribution in [0.15, 0.2) is 42.9 Å². The second kappa shape index (κ2) is 19.1. The fourth-order valence-corrected chi connectivity index (χ4v) is 7.28. The van der Waals surface area contributed by atoms with Gasteiger partial charge < -0.3 is 40.2 Å². The van der Waals surface area contributed by atoms with Crippen LogP contribution in [0.5, 0.6) is 0 Å². The summed E-state index contributed by atoms with van der Waals surface area (Å²) >= 11 is 0. The number of nitrogens with zero attached hydrogens (tertiary/aromatic N) is 3. The number of ether oxygens (including phenoxy) is 2. The number of likely N-dealkylation sites (tertiary alicyclic amines) is 1. The number of rotatable bonds is 15. The lowest BCUT2D eigenvalue weighted by Crippen LogP contribution is -2.65. The fraction of sp³-hybridized carbons (Fsp3) is 0.625. The Hall–Kier alpha value is -4.95. The molecular formula is C40H59N7O8. The van der Waals surface area contributed by atoms with E-state index >= 15 is 0 Å². The van der Waals surface area contributed by atoms with E-state index in [0.717, 1.165) is 12.0 Å². The molecule has 0 unspecified atom stereocenters. The van der Waals surface area contributed by atoms with Gasteiger partial charge in [0.05, 0.1) is 13.4 Å². The zero-order chi connectivity index (χ0) is 40.3. The van der Waals surface area contributed by atoms with Crippen molar-refractivity contribution in [3.63, 3.8) is 0 Å². The standard InChI is InChI=1S/C40H59N7O8/c1-26(2)21-29(33(48)42-31(36(51)54-7)22-27-15-10-8-11-16-27)43-37(52)40(18-12-9-13-19-40)45-34(49)32-17-14-20-47(32)35(50)30(23-28-24-41-25-46(28)6)44-38(53)55-39(3,4)5/h8,10-11,15-16,24-26,29-32H,9,12-14,17-23H2,1-7H3,(H,42,48)(H,43,52)(H,44,53)(H,45,49)/t29-,30-,31-,32+/m0/s1. The van der Waals surface area contributed by atoms with E-state index in [1.807, 2.05) is 44.2 Å². The first-order chi connectivity index (χ1) is 26.0. The summed E-state index contributed by atoms with van der Waals surface area (Å²) in [6, 6.07) is 5.33. The molecule has 5 amide bonds. The van der Waals surface area contributed by atoms with Crippen molar-refractivity contribution in [3.05, 3.63) is 54.1 Å². The third-order valence-electron chi connectivity index (χ3n) is 10.1. The number of imidazole rings is 1. The van der Waals surface area contributed by atoms with Crippen molar-refractivity contribution in [1.82, 2.24) is 35.7 Å². The topological polar surface area (TPSA) is 190 Å². The Morgan fingerprint density at radius 2 is 1.60 bits per heavy atom. The first-order valence-corrected chi connectivity index (χ1v) is 19.3. The minimum atomic E-state index is -1.32. The van der Waals surface area contributed by atoms with E-state index in [4.69, 9.17) is 9.47 Å². The van der Waals surface area contributed by atoms with Crippen molar-refractivity contribution in [2.24, 2.45) is 13.0 Å². The van der Waals surface area contributed by atoms with Gasteiger partial charge in [0.1, 0.15) is 35.3 Å². The molecule has 55 heavy (non-hydrogen) atoms. The molecule has 0 radical (unpaired) electrons. The molecule has 15 nitrogen and oxygen atoms in total. The average Bonchev–Trinajstić information content (AvgIpc) is 3.79. The van der Waals surface area contributed by atoms with Crippen molar-refractivity contribution in [1.29, 1.82) is 0 Å². The Kier molecular flexibility index (Phi) is 14.8. The molecule has 2 fully saturated rings. The molecule has 0 spiro atoms. The Bertz CT molecular complexity index is 1650. The monoisotopic (exact) mass is 765 g/mol. The second-order valence-electron chi connectivity index (χ2n) is 16.2. The van der Waals surface area contributed by atoms with Gasteiger partial charge in [-0.1, -0.05) is 63.4 Å². The van der Waals surface area contributed by atoms with E-state index in [1.165, 1.54) is 12.0 Å². The number of amides is 5. The van der Waals surface area contributed by atoms with Crippen LogP contribution in [-0.4, -0.2) is 99.1 Å². The number of alkyl carbamates (subject to hydrolysis) is 1. The third kappa shape index (κ3) is 12.0. The number of nitrogens with one attached hydrogen (secondary N) is 4. The number of carbonyl (C=O) groups excluding carboxylic acids is 6. The summed E-state index contributed by atoms with van der Waals surface area (Å²) in [5.41, 5.74) is -0.591. The summed E-state index contributed by atoms with van der Waals surface area (Å²) in [5, 5.41) is 11.5. The van der Waals surface area contributed by atoms with Crippen LogP contribution in [0.2, 0.25) is 0 Å². The molecule has 2 aromatic rings. The van der Waals surface area contributed by atoms with Crippen LogP contribution in [-0.2, 0) is 53.3 Å². The van der Waals surface area contributed by atoms with E-state index in [-0.39, 0.29) is 31.7 Å². The number of aryl methyl sites for hydroxylation is 1. The van der Waals surface area contributed by atoms with Gasteiger partial charge >= 0.3 is 12.1 Å². The molecule has 15 heteroatoms. The zero-order valence-corrected chi connectivity index (χ0v) is 33.3. The highest BCUT2D eigenvalue weighted by atomic mass is 16.6. The van der Waals surface area contributed by atoms with Gasteiger partial charge in [0, 0.05) is 38.3 Å². The molecule has 1 aromatic heterocycles. The van der Waals surface area contributed by atoms with Crippen LogP contribution in [0.25, 0.3) is 0 Å². The smallest absolute Gasteiger partial charge is 0.408 e. The molecule has 2 aliphatic rings. The van der Waals surface area contributed by atoms with Gasteiger partial charge in [-0.3, -0.25) is 19.2 Å². The van der Waals surface area contributed by atoms with E-state index in [1.54, 1.807) is 44.9 Å². The van der Waals surface area contributed by atoms with Gasteiger partial charge in [0.25, 0.3) is 0 Å². The molecule has 302 valence electrons. The lowest BCUT2D eigenvalue weighted by Gasteiger charge is -2.39. The quantitative estimate of drug-likeness (QED) is 0.198. The van der Waals surface area contributed by atoms with Crippen LogP contribution in [0.3, 0.4) is 0 Å². The van der Waals surface area contributed by atoms with Gasteiger partial charge in [-0.05, 0) is 64.4 Å². The first-order valence-electron chi connectivity index (χ1n) is 19.3. The predicted octanol–water partition coefficient (Wildman–Crippen LogP) is 3.10. The number of methoxy groups -OCH3 is 1. The van der Waals surface area contributed by atoms with Gasteiger partial charge in [-0.25, -0.2) is 14.6 Å². The highest BCUT2D eigenvalue weighted by Crippen LogP contribution is 2.30. The minimum absolute atomic E-state index is 0.00490. The summed E-state index contributed by atoms with van der Waals surface area (Å²) in [4.78, 5) is 87.8. The molecule has 4 N–H and O–H groups in total. The molecule has 1 saturated heterocycles. The largest absolute Gasteiger partial charge is 0.467 e. The van der Waals surface area contributed by atoms with Gasteiger partial charge in [0.2, 0.25) is 23.6 Å². The summed E-state index contributed by atoms with van der Waals surface area (Å²) < 4.78 is 12.2. The van der Waals surface area contributed by atoms with Gasteiger partial charge in [-0.15, -0.1) is 0 Å². The van der Waals surface area contributed by atoms with Crippen LogP contribution < -0.4 is 21.3 Å². The molecule has 1 aliphatic carbocycles. The molecule has 1 aliphatic heterocycles. The van der Waals surface area contributed by atoms with Crippen molar-refractivity contribution >= 4 is 35.7 Å². The van der Waals surface area contributed by atoms with Crippen molar-refractivity contribution in [2.45, 2.75) is 134 Å². The molecule has 0 bridgehead atoms. The number of hydrogen-bond acceptors (Lipinski definition) is 9. The number of hydrogen-bond donors (Lipinski definition) is 4. The zero-order valence-electron chi connectivity index (χ0n) is 33.3. The van der Waals surface area contributed by atoms with E-state index in [2.05, 4.69) is 26.3 Å². The summed E-state index contributed by atoms with van der Waals surface area (Å²) in [6.45, 7) is 9.32. The van der Waals surface area contributed by atoms with Crippen LogP contribution in [0.1, 0.15) is 97.2 Å². The Balaban J connectivity index is 1.53. The van der Waals surface area contributed by atoms with Crippen LogP contribution in [0, 0.1) is 5.92 Å². The van der Waals surface area contributed by atoms with Crippen LogP contribution >= 0.6 is 0 Å². The first kappa shape index (κ1) is 42.8. The van der Waals surface area contributed by atoms with Gasteiger partial charge in [0.15, 0.2) is 0 Å². The van der Waals surface area contributed by atoms with E-state index in [9.17, 15) is 28.8 Å². The number of esters is 1. The number of carbonyl (C=O) groups is 6. The van der Waals surface area contributed by atoms with Crippen molar-refractivity contribution < 1.29 is 38.2 Å². The normalized spacial score (nSPS) is 18.4. The summed E-state index contributed by atoms with van der Waals surface area (Å²) in [7, 11) is 3.04. The molecule has 2 heterocycles. The van der Waals surface area contributed by atoms with Crippen LogP contribution in [0.4, 0.5) is 4.79 Å². The second-order valence-corrected chi connectivity index (χ2v) is 16.2. The summed E-state index contributed by atoms with van der Waals surface area (Å²) in [6.07, 6.45) is 6.91. The Morgan fingerprint density at radius 1 is 0.909 bits per heavy atom. The Labute approximate surface area is 324 Å². The highest BCUT2D eigenvalue weighted by molar-refractivity contribution is 5.98. The predicted molar refractivity (Wildman–Crippen MR) is 204 cm³/mol. The molecule has 1 aromatic carbocycles. The van der Waals surface area contributed by atoms with E-state index in [0.29, 0.717) is 44.2 Å². The molecule has 1 saturated carbocycles. The SMILES string of the molecule is COC(=O)[C@H](Cc1ccccc1)NC(=O)[C@H](CC(C)C)NC(=O)C1(NC(=O)[C@H]2CCCN2C(=O)[C@H](Cc2cncn2C)NC(=O)OC(C)(C)C)CCCCC1. The van der Waals surface area contributed by atoms with Crippen molar-refractivity contribution in [3.8, 4) is 0 Å². The van der Waals surface area contributed by atoms with Gasteiger partial charge in [-0.2, -0.15) is 0 Å². The fourth-order valence-electron chi connectivity index (χ4n) is 7.28. The number of aromatic nitrogens is 2. The van der Waals surface area contributed by atoms with Crippen molar-refractivity contribution in [2.75, 3.05) is 13.7 Å². The Morgan fingerprint density at radius 3 is 2.20 bits per heavy atom. The lowest BCUT2D eigenvalue weighted by atomic mass is 9.80. The average molecular weight is 766 g/mol. The maximum absolute atomic E-state index is 14.4. The maximum Gasteiger partial charge on any atom is 0.408 e. The lowest BCUT2D eigenvalue weighted by molar-refractivity contribution is -0.145. The summed E-state index contributed by atoms with van der Waals surface area (Å²) in [5.74, 6) is -2.55. The minimum Gasteiger partial charge on any atom is -0.467 e. The number of benzene rings is 1. The molecule has 4 atom stereocenters. The molecule has 4 rings (SSSR count). The third-order valence-corrected chi connectivity index (χ3v) is 10.1. The van der Waals surface area contributed by atoms with E-state index < -0.39 is 71.0 Å². The molecular weight excluding hydrogens is 706 g/mol.